The fraction of sp³-hybridized carbons (Fsp3) is 0.364. The van der Waals surface area contributed by atoms with Crippen molar-refractivity contribution in [2.24, 2.45) is 10.7 Å². The van der Waals surface area contributed by atoms with Gasteiger partial charge in [0, 0.05) is 12.3 Å². The lowest BCUT2D eigenvalue weighted by atomic mass is 10.3. The lowest BCUT2D eigenvalue weighted by Gasteiger charge is -2.07. The number of aliphatic imine (C=N–C) groups is 1. The van der Waals surface area contributed by atoms with Crippen LogP contribution in [0.2, 0.25) is 0 Å². The van der Waals surface area contributed by atoms with Crippen LogP contribution in [0.3, 0.4) is 0 Å². The van der Waals surface area contributed by atoms with Gasteiger partial charge in [-0.1, -0.05) is 30.0 Å². The average Bonchev–Trinajstić information content (AvgIpc) is 2.18. The maximum absolute atomic E-state index is 5.79. The first-order valence-corrected chi connectivity index (χ1v) is 5.84. The number of para-hydroxylation sites is 1. The van der Waals surface area contributed by atoms with Crippen molar-refractivity contribution in [1.82, 2.24) is 4.90 Å². The van der Waals surface area contributed by atoms with E-state index in [1.54, 1.807) is 11.8 Å². The quantitative estimate of drug-likeness (QED) is 0.626. The van der Waals surface area contributed by atoms with E-state index in [-0.39, 0.29) is 0 Å². The van der Waals surface area contributed by atoms with Crippen LogP contribution in [0, 0.1) is 0 Å². The van der Waals surface area contributed by atoms with Crippen LogP contribution in [0.5, 0.6) is 0 Å². The van der Waals surface area contributed by atoms with E-state index in [2.05, 4.69) is 9.89 Å². The van der Waals surface area contributed by atoms with E-state index >= 15 is 0 Å². The maximum Gasteiger partial charge on any atom is 0.159 e. The van der Waals surface area contributed by atoms with E-state index in [4.69, 9.17) is 5.73 Å². The van der Waals surface area contributed by atoms with Gasteiger partial charge in [0.1, 0.15) is 0 Å². The van der Waals surface area contributed by atoms with Crippen LogP contribution in [0.25, 0.3) is 0 Å². The van der Waals surface area contributed by atoms with Crippen LogP contribution in [-0.2, 0) is 0 Å². The van der Waals surface area contributed by atoms with E-state index in [1.165, 1.54) is 0 Å². The van der Waals surface area contributed by atoms with E-state index < -0.39 is 0 Å². The molecule has 82 valence electrons. The molecule has 0 aliphatic carbocycles. The number of rotatable bonds is 4. The third-order valence-electron chi connectivity index (χ3n) is 1.78. The Morgan fingerprint density at radius 3 is 2.60 bits per heavy atom. The molecule has 3 nitrogen and oxygen atoms in total. The summed E-state index contributed by atoms with van der Waals surface area (Å²) in [6.45, 7) is 1.01. The Hall–Kier alpha value is -1.00. The van der Waals surface area contributed by atoms with E-state index in [1.807, 2.05) is 44.4 Å². The summed E-state index contributed by atoms with van der Waals surface area (Å²) >= 11 is 1.59. The highest BCUT2D eigenvalue weighted by Gasteiger charge is 1.96. The van der Waals surface area contributed by atoms with Gasteiger partial charge >= 0.3 is 0 Å². The van der Waals surface area contributed by atoms with Gasteiger partial charge in [0.05, 0.1) is 5.69 Å². The number of amidine groups is 1. The van der Waals surface area contributed by atoms with Gasteiger partial charge in [-0.2, -0.15) is 0 Å². The van der Waals surface area contributed by atoms with Crippen molar-refractivity contribution in [3.05, 3.63) is 30.3 Å². The average molecular weight is 223 g/mol. The zero-order valence-corrected chi connectivity index (χ0v) is 10.00. The lowest BCUT2D eigenvalue weighted by Crippen LogP contribution is -2.17. The second kappa shape index (κ2) is 6.48. The molecule has 0 aliphatic heterocycles. The predicted octanol–water partition coefficient (Wildman–Crippen LogP) is 1.93. The fourth-order valence-corrected chi connectivity index (χ4v) is 1.83. The molecule has 0 heterocycles. The van der Waals surface area contributed by atoms with Crippen molar-refractivity contribution >= 4 is 22.6 Å². The number of thioether (sulfide) groups is 1. The second-order valence-corrected chi connectivity index (χ2v) is 4.55. The summed E-state index contributed by atoms with van der Waals surface area (Å²) < 4.78 is 0. The van der Waals surface area contributed by atoms with Gasteiger partial charge in [0.15, 0.2) is 5.17 Å². The van der Waals surface area contributed by atoms with Gasteiger partial charge < -0.3 is 10.6 Å². The Morgan fingerprint density at radius 1 is 1.33 bits per heavy atom. The summed E-state index contributed by atoms with van der Waals surface area (Å²) in [7, 11) is 4.09. The van der Waals surface area contributed by atoms with Crippen molar-refractivity contribution in [3.8, 4) is 0 Å². The summed E-state index contributed by atoms with van der Waals surface area (Å²) in [4.78, 5) is 6.42. The first-order valence-electron chi connectivity index (χ1n) is 4.85. The molecule has 1 aromatic carbocycles. The molecule has 0 atom stereocenters. The molecule has 0 bridgehead atoms. The molecule has 0 saturated heterocycles. The standard InChI is InChI=1S/C11H17N3S/c1-14(2)8-9-15-11(12)13-10-6-4-3-5-7-10/h3-7H,8-9H2,1-2H3,(H2,12,13). The third-order valence-corrected chi connectivity index (χ3v) is 2.56. The Morgan fingerprint density at radius 2 is 2.00 bits per heavy atom. The van der Waals surface area contributed by atoms with Crippen LogP contribution >= 0.6 is 11.8 Å². The van der Waals surface area contributed by atoms with Crippen molar-refractivity contribution in [3.63, 3.8) is 0 Å². The number of hydrogen-bond acceptors (Lipinski definition) is 3. The summed E-state index contributed by atoms with van der Waals surface area (Å²) in [6, 6.07) is 9.76. The minimum absolute atomic E-state index is 0.628. The minimum atomic E-state index is 0.628. The lowest BCUT2D eigenvalue weighted by molar-refractivity contribution is 0.437. The van der Waals surface area contributed by atoms with Crippen LogP contribution in [0.1, 0.15) is 0 Å². The second-order valence-electron chi connectivity index (χ2n) is 3.44. The van der Waals surface area contributed by atoms with Crippen molar-refractivity contribution in [1.29, 1.82) is 0 Å². The minimum Gasteiger partial charge on any atom is -0.378 e. The SMILES string of the molecule is CN(C)CCSC(N)=Nc1ccccc1. The number of hydrogen-bond donors (Lipinski definition) is 1. The van der Waals surface area contributed by atoms with E-state index in [0.29, 0.717) is 5.17 Å². The van der Waals surface area contributed by atoms with Crippen LogP contribution in [0.4, 0.5) is 5.69 Å². The molecule has 1 aromatic rings. The molecule has 0 amide bonds. The Kier molecular flexibility index (Phi) is 5.21. The summed E-state index contributed by atoms with van der Waals surface area (Å²) in [5, 5.41) is 0.628. The molecule has 0 spiro atoms. The van der Waals surface area contributed by atoms with Crippen molar-refractivity contribution < 1.29 is 0 Å². The van der Waals surface area contributed by atoms with Crippen LogP contribution in [0.15, 0.2) is 35.3 Å². The molecule has 2 N–H and O–H groups in total. The van der Waals surface area contributed by atoms with Gasteiger partial charge in [-0.25, -0.2) is 4.99 Å². The first kappa shape index (κ1) is 12.1. The smallest absolute Gasteiger partial charge is 0.159 e. The Balaban J connectivity index is 2.40. The molecule has 1 rings (SSSR count). The maximum atomic E-state index is 5.79. The van der Waals surface area contributed by atoms with Crippen molar-refractivity contribution in [2.45, 2.75) is 0 Å². The topological polar surface area (TPSA) is 41.6 Å². The molecule has 0 aromatic heterocycles. The fourth-order valence-electron chi connectivity index (χ4n) is 0.995. The van der Waals surface area contributed by atoms with E-state index in [0.717, 1.165) is 18.0 Å². The van der Waals surface area contributed by atoms with Gasteiger partial charge in [-0.15, -0.1) is 0 Å². The predicted molar refractivity (Wildman–Crippen MR) is 68.7 cm³/mol. The molecule has 15 heavy (non-hydrogen) atoms. The Labute approximate surface area is 95.4 Å². The zero-order valence-electron chi connectivity index (χ0n) is 9.18. The van der Waals surface area contributed by atoms with Gasteiger partial charge in [-0.3, -0.25) is 0 Å². The molecule has 0 unspecified atom stereocenters. The Bertz CT molecular complexity index is 309. The highest BCUT2D eigenvalue weighted by Crippen LogP contribution is 2.12. The summed E-state index contributed by atoms with van der Waals surface area (Å²) in [5.41, 5.74) is 6.70. The largest absolute Gasteiger partial charge is 0.378 e. The summed E-state index contributed by atoms with van der Waals surface area (Å²) in [5.74, 6) is 0.967. The van der Waals surface area contributed by atoms with Gasteiger partial charge in [0.25, 0.3) is 0 Å². The summed E-state index contributed by atoms with van der Waals surface area (Å²) in [6.07, 6.45) is 0. The van der Waals surface area contributed by atoms with Crippen molar-refractivity contribution in [2.75, 3.05) is 26.4 Å². The molecular weight excluding hydrogens is 206 g/mol. The molecular formula is C11H17N3S. The zero-order chi connectivity index (χ0) is 11.1. The molecule has 0 fully saturated rings. The highest BCUT2D eigenvalue weighted by atomic mass is 32.2. The molecule has 0 radical (unpaired) electrons. The normalized spacial score (nSPS) is 12.1. The van der Waals surface area contributed by atoms with Gasteiger partial charge in [0.2, 0.25) is 0 Å². The highest BCUT2D eigenvalue weighted by molar-refractivity contribution is 8.13. The number of benzene rings is 1. The number of nitrogens with zero attached hydrogens (tertiary/aromatic N) is 2. The molecule has 4 heteroatoms. The van der Waals surface area contributed by atoms with Crippen LogP contribution < -0.4 is 5.73 Å². The number of nitrogens with two attached hydrogens (primary N) is 1. The van der Waals surface area contributed by atoms with Gasteiger partial charge in [-0.05, 0) is 26.2 Å². The first-order chi connectivity index (χ1) is 7.18. The molecule has 0 aliphatic rings. The van der Waals surface area contributed by atoms with Crippen LogP contribution in [-0.4, -0.2) is 36.5 Å². The third kappa shape index (κ3) is 5.44. The molecule has 0 saturated carbocycles. The van der Waals surface area contributed by atoms with E-state index in [9.17, 15) is 0 Å². The monoisotopic (exact) mass is 223 g/mol.